The van der Waals surface area contributed by atoms with Crippen LogP contribution in [0.3, 0.4) is 0 Å². The molecule has 5 heteroatoms. The largest absolute Gasteiger partial charge is 0.478 e. The molecule has 0 saturated heterocycles. The summed E-state index contributed by atoms with van der Waals surface area (Å²) in [6, 6.07) is 1.74. The minimum atomic E-state index is -0.594. The second kappa shape index (κ2) is 6.00. The van der Waals surface area contributed by atoms with E-state index in [2.05, 4.69) is 22.2 Å². The second-order valence-corrected chi connectivity index (χ2v) is 4.85. The Bertz CT molecular complexity index is 378. The predicted molar refractivity (Wildman–Crippen MR) is 69.7 cm³/mol. The van der Waals surface area contributed by atoms with Crippen molar-refractivity contribution in [2.75, 3.05) is 18.5 Å². The maximum Gasteiger partial charge on any atom is 0.226 e. The van der Waals surface area contributed by atoms with Crippen LogP contribution in [-0.4, -0.2) is 33.8 Å². The van der Waals surface area contributed by atoms with Crippen molar-refractivity contribution < 1.29 is 9.84 Å². The van der Waals surface area contributed by atoms with Gasteiger partial charge in [-0.2, -0.15) is 4.98 Å². The Labute approximate surface area is 108 Å². The first-order chi connectivity index (χ1) is 8.72. The van der Waals surface area contributed by atoms with Crippen molar-refractivity contribution in [2.24, 2.45) is 0 Å². The van der Waals surface area contributed by atoms with Crippen LogP contribution in [0.2, 0.25) is 0 Å². The first-order valence-electron chi connectivity index (χ1n) is 6.64. The van der Waals surface area contributed by atoms with Crippen molar-refractivity contribution in [3.8, 4) is 5.88 Å². The fourth-order valence-electron chi connectivity index (χ4n) is 2.17. The summed E-state index contributed by atoms with van der Waals surface area (Å²) in [7, 11) is 0. The smallest absolute Gasteiger partial charge is 0.226 e. The zero-order chi connectivity index (χ0) is 12.8. The Balaban J connectivity index is 1.88. The monoisotopic (exact) mass is 251 g/mol. The zero-order valence-corrected chi connectivity index (χ0v) is 10.9. The molecule has 1 aromatic heterocycles. The summed E-state index contributed by atoms with van der Waals surface area (Å²) in [5.74, 6) is 1.09. The van der Waals surface area contributed by atoms with Crippen molar-refractivity contribution in [1.82, 2.24) is 9.97 Å². The van der Waals surface area contributed by atoms with Crippen LogP contribution in [-0.2, 0) is 0 Å². The lowest BCUT2D eigenvalue weighted by Gasteiger charge is -2.22. The summed E-state index contributed by atoms with van der Waals surface area (Å²) in [5.41, 5.74) is -0.594. The van der Waals surface area contributed by atoms with E-state index in [4.69, 9.17) is 4.74 Å². The molecule has 100 valence electrons. The van der Waals surface area contributed by atoms with Gasteiger partial charge in [-0.25, -0.2) is 4.98 Å². The normalized spacial score (nSPS) is 17.7. The van der Waals surface area contributed by atoms with Gasteiger partial charge in [0, 0.05) is 18.8 Å². The van der Waals surface area contributed by atoms with Crippen LogP contribution in [0.1, 0.15) is 39.0 Å². The lowest BCUT2D eigenvalue weighted by atomic mass is 10.0. The van der Waals surface area contributed by atoms with Crippen LogP contribution in [0.5, 0.6) is 5.88 Å². The molecule has 0 amide bonds. The molecule has 5 nitrogen and oxygen atoms in total. The van der Waals surface area contributed by atoms with E-state index >= 15 is 0 Å². The maximum absolute atomic E-state index is 10.2. The van der Waals surface area contributed by atoms with Gasteiger partial charge in [-0.3, -0.25) is 0 Å². The third kappa shape index (κ3) is 3.57. The fraction of sp³-hybridized carbons (Fsp3) is 0.692. The van der Waals surface area contributed by atoms with Gasteiger partial charge in [-0.15, -0.1) is 0 Å². The molecule has 0 spiro atoms. The van der Waals surface area contributed by atoms with Gasteiger partial charge in [0.15, 0.2) is 0 Å². The van der Waals surface area contributed by atoms with Crippen molar-refractivity contribution in [2.45, 2.75) is 44.6 Å². The molecular weight excluding hydrogens is 230 g/mol. The average Bonchev–Trinajstić information content (AvgIpc) is 2.82. The van der Waals surface area contributed by atoms with E-state index in [9.17, 15) is 5.11 Å². The van der Waals surface area contributed by atoms with Crippen LogP contribution in [0.4, 0.5) is 5.95 Å². The number of nitrogens with one attached hydrogen (secondary N) is 1. The molecule has 1 aromatic rings. The summed E-state index contributed by atoms with van der Waals surface area (Å²) in [4.78, 5) is 8.37. The molecule has 1 aliphatic carbocycles. The van der Waals surface area contributed by atoms with Gasteiger partial charge >= 0.3 is 0 Å². The Hall–Kier alpha value is -1.36. The number of aromatic nitrogens is 2. The molecule has 1 fully saturated rings. The summed E-state index contributed by atoms with van der Waals surface area (Å²) >= 11 is 0. The standard InChI is InChI=1S/C13H21N3O2/c1-2-9-18-11-5-8-14-12(16-11)15-10-13(17)6-3-4-7-13/h5,8,17H,2-4,6-7,9-10H2,1H3,(H,14,15,16). The van der Waals surface area contributed by atoms with Crippen LogP contribution in [0.15, 0.2) is 12.3 Å². The van der Waals surface area contributed by atoms with E-state index in [1.54, 1.807) is 12.3 Å². The zero-order valence-electron chi connectivity index (χ0n) is 10.9. The van der Waals surface area contributed by atoms with E-state index in [0.29, 0.717) is 25.0 Å². The number of anilines is 1. The van der Waals surface area contributed by atoms with E-state index in [-0.39, 0.29) is 0 Å². The molecule has 18 heavy (non-hydrogen) atoms. The summed E-state index contributed by atoms with van der Waals surface area (Å²) in [6.45, 7) is 3.21. The number of aliphatic hydroxyl groups is 1. The van der Waals surface area contributed by atoms with E-state index in [1.165, 1.54) is 0 Å². The van der Waals surface area contributed by atoms with Crippen LogP contribution >= 0.6 is 0 Å². The van der Waals surface area contributed by atoms with Crippen LogP contribution in [0.25, 0.3) is 0 Å². The van der Waals surface area contributed by atoms with Crippen molar-refractivity contribution in [1.29, 1.82) is 0 Å². The molecule has 1 heterocycles. The van der Waals surface area contributed by atoms with E-state index < -0.39 is 5.60 Å². The van der Waals surface area contributed by atoms with E-state index in [1.807, 2.05) is 0 Å². The highest BCUT2D eigenvalue weighted by Gasteiger charge is 2.30. The summed E-state index contributed by atoms with van der Waals surface area (Å²) < 4.78 is 5.44. The minimum absolute atomic E-state index is 0.504. The van der Waals surface area contributed by atoms with Gasteiger partial charge in [0.2, 0.25) is 11.8 Å². The SMILES string of the molecule is CCCOc1ccnc(NCC2(O)CCCC2)n1. The molecule has 1 saturated carbocycles. The Kier molecular flexibility index (Phi) is 4.36. The molecule has 0 radical (unpaired) electrons. The number of nitrogens with zero attached hydrogens (tertiary/aromatic N) is 2. The van der Waals surface area contributed by atoms with Gasteiger partial charge < -0.3 is 15.2 Å². The summed E-state index contributed by atoms with van der Waals surface area (Å²) in [5, 5.41) is 13.3. The highest BCUT2D eigenvalue weighted by Crippen LogP contribution is 2.29. The van der Waals surface area contributed by atoms with Crippen LogP contribution < -0.4 is 10.1 Å². The number of ether oxygens (including phenoxy) is 1. The Morgan fingerprint density at radius 3 is 2.94 bits per heavy atom. The minimum Gasteiger partial charge on any atom is -0.478 e. The molecule has 0 aromatic carbocycles. The fourth-order valence-corrected chi connectivity index (χ4v) is 2.17. The first-order valence-corrected chi connectivity index (χ1v) is 6.64. The van der Waals surface area contributed by atoms with Gasteiger partial charge in [0.25, 0.3) is 0 Å². The van der Waals surface area contributed by atoms with Gasteiger partial charge in [-0.05, 0) is 19.3 Å². The maximum atomic E-state index is 10.2. The molecule has 0 bridgehead atoms. The third-order valence-corrected chi connectivity index (χ3v) is 3.19. The van der Waals surface area contributed by atoms with Crippen molar-refractivity contribution in [3.05, 3.63) is 12.3 Å². The number of hydrogen-bond donors (Lipinski definition) is 2. The number of rotatable bonds is 6. The first kappa shape index (κ1) is 13.1. The van der Waals surface area contributed by atoms with Gasteiger partial charge in [-0.1, -0.05) is 19.8 Å². The number of hydrogen-bond acceptors (Lipinski definition) is 5. The molecule has 0 atom stereocenters. The highest BCUT2D eigenvalue weighted by atomic mass is 16.5. The van der Waals surface area contributed by atoms with Gasteiger partial charge in [0.05, 0.1) is 12.2 Å². The van der Waals surface area contributed by atoms with Crippen LogP contribution in [0, 0.1) is 0 Å². The van der Waals surface area contributed by atoms with Crippen molar-refractivity contribution in [3.63, 3.8) is 0 Å². The molecular formula is C13H21N3O2. The Morgan fingerprint density at radius 2 is 2.22 bits per heavy atom. The molecule has 2 N–H and O–H groups in total. The average molecular weight is 251 g/mol. The molecule has 0 unspecified atom stereocenters. The molecule has 1 aliphatic rings. The Morgan fingerprint density at radius 1 is 1.44 bits per heavy atom. The third-order valence-electron chi connectivity index (χ3n) is 3.19. The molecule has 2 rings (SSSR count). The molecule has 0 aliphatic heterocycles. The lowest BCUT2D eigenvalue weighted by molar-refractivity contribution is 0.0613. The lowest BCUT2D eigenvalue weighted by Crippen LogP contribution is -2.33. The topological polar surface area (TPSA) is 67.3 Å². The van der Waals surface area contributed by atoms with E-state index in [0.717, 1.165) is 32.1 Å². The quantitative estimate of drug-likeness (QED) is 0.809. The second-order valence-electron chi connectivity index (χ2n) is 4.85. The van der Waals surface area contributed by atoms with Gasteiger partial charge in [0.1, 0.15) is 0 Å². The highest BCUT2D eigenvalue weighted by molar-refractivity contribution is 5.28. The summed E-state index contributed by atoms with van der Waals surface area (Å²) in [6.07, 6.45) is 6.51. The van der Waals surface area contributed by atoms with Crippen molar-refractivity contribution >= 4 is 5.95 Å². The predicted octanol–water partition coefficient (Wildman–Crippen LogP) is 1.98.